The van der Waals surface area contributed by atoms with Crippen LogP contribution in [0, 0.1) is 17.7 Å². The number of ether oxygens (including phenoxy) is 3. The third-order valence-electron chi connectivity index (χ3n) is 4.99. The zero-order valence-electron chi connectivity index (χ0n) is 18.1. The van der Waals surface area contributed by atoms with Gasteiger partial charge in [-0.1, -0.05) is 25.8 Å². The molecule has 1 aliphatic rings. The van der Waals surface area contributed by atoms with E-state index in [2.05, 4.69) is 0 Å². The molecule has 1 aromatic carbocycles. The Balaban J connectivity index is 1.99. The number of halogens is 1. The van der Waals surface area contributed by atoms with E-state index in [0.717, 1.165) is 25.7 Å². The highest BCUT2D eigenvalue weighted by Crippen LogP contribution is 2.33. The first kappa shape index (κ1) is 23.2. The van der Waals surface area contributed by atoms with Crippen LogP contribution in [-0.2, 0) is 19.1 Å². The minimum absolute atomic E-state index is 0.0400. The molecule has 0 radical (unpaired) electrons. The number of rotatable bonds is 8. The quantitative estimate of drug-likeness (QED) is 0.563. The molecule has 0 saturated heterocycles. The van der Waals surface area contributed by atoms with Crippen molar-refractivity contribution in [3.05, 3.63) is 30.1 Å². The van der Waals surface area contributed by atoms with Crippen LogP contribution in [0.15, 0.2) is 24.3 Å². The molecule has 1 aromatic rings. The molecular weight excluding hydrogens is 375 g/mol. The molecule has 0 aliphatic heterocycles. The highest BCUT2D eigenvalue weighted by molar-refractivity contribution is 5.79. The van der Waals surface area contributed by atoms with Crippen molar-refractivity contribution in [3.63, 3.8) is 0 Å². The Morgan fingerprint density at radius 3 is 2.41 bits per heavy atom. The van der Waals surface area contributed by atoms with Gasteiger partial charge in [-0.15, -0.1) is 0 Å². The van der Waals surface area contributed by atoms with Gasteiger partial charge in [0, 0.05) is 6.07 Å². The van der Waals surface area contributed by atoms with Crippen molar-refractivity contribution >= 4 is 11.9 Å². The second-order valence-corrected chi connectivity index (χ2v) is 8.92. The average Bonchev–Trinajstić information content (AvgIpc) is 3.12. The molecule has 6 heteroatoms. The minimum Gasteiger partial charge on any atom is -0.486 e. The molecule has 1 fully saturated rings. The first-order valence-corrected chi connectivity index (χ1v) is 10.4. The molecule has 5 nitrogen and oxygen atoms in total. The summed E-state index contributed by atoms with van der Waals surface area (Å²) in [7, 11) is 0. The second-order valence-electron chi connectivity index (χ2n) is 8.92. The number of carbonyl (C=O) groups excluding carboxylic acids is 2. The maximum Gasteiger partial charge on any atom is 0.309 e. The fraction of sp³-hybridized carbons (Fsp3) is 0.652. The number of carbonyl (C=O) groups is 2. The van der Waals surface area contributed by atoms with Gasteiger partial charge >= 0.3 is 11.9 Å². The Bertz CT molecular complexity index is 691. The van der Waals surface area contributed by atoms with E-state index in [9.17, 15) is 14.0 Å². The number of hydrogen-bond acceptors (Lipinski definition) is 5. The van der Waals surface area contributed by atoms with Gasteiger partial charge in [0.25, 0.3) is 0 Å². The van der Waals surface area contributed by atoms with Crippen LogP contribution in [0.2, 0.25) is 0 Å². The first-order chi connectivity index (χ1) is 13.5. The molecule has 2 rings (SSSR count). The molecular formula is C23H33FO5. The highest BCUT2D eigenvalue weighted by atomic mass is 19.1. The Hall–Kier alpha value is -2.11. The van der Waals surface area contributed by atoms with Crippen LogP contribution in [0.5, 0.6) is 5.75 Å². The number of benzene rings is 1. The topological polar surface area (TPSA) is 61.8 Å². The predicted molar refractivity (Wildman–Crippen MR) is 108 cm³/mol. The number of hydrogen-bond donors (Lipinski definition) is 0. The fourth-order valence-electron chi connectivity index (χ4n) is 3.64. The van der Waals surface area contributed by atoms with Gasteiger partial charge in [0.05, 0.1) is 12.3 Å². The van der Waals surface area contributed by atoms with Crippen LogP contribution in [0.25, 0.3) is 0 Å². The lowest BCUT2D eigenvalue weighted by Crippen LogP contribution is -2.40. The summed E-state index contributed by atoms with van der Waals surface area (Å²) in [5.41, 5.74) is -0.597. The van der Waals surface area contributed by atoms with Crippen molar-refractivity contribution in [2.45, 2.75) is 84.5 Å². The van der Waals surface area contributed by atoms with Gasteiger partial charge in [0.1, 0.15) is 29.4 Å². The second kappa shape index (κ2) is 10.1. The van der Waals surface area contributed by atoms with Crippen molar-refractivity contribution in [3.8, 4) is 5.75 Å². The van der Waals surface area contributed by atoms with Gasteiger partial charge < -0.3 is 14.2 Å². The fourth-order valence-corrected chi connectivity index (χ4v) is 3.64. The van der Waals surface area contributed by atoms with E-state index >= 15 is 0 Å². The zero-order valence-corrected chi connectivity index (χ0v) is 18.1. The zero-order chi connectivity index (χ0) is 21.6. The van der Waals surface area contributed by atoms with Gasteiger partial charge in [-0.05, 0) is 58.6 Å². The maximum absolute atomic E-state index is 13.5. The van der Waals surface area contributed by atoms with Gasteiger partial charge in [-0.25, -0.2) is 4.39 Å². The van der Waals surface area contributed by atoms with E-state index in [1.165, 1.54) is 12.1 Å². The van der Waals surface area contributed by atoms with E-state index in [0.29, 0.717) is 5.75 Å². The van der Waals surface area contributed by atoms with E-state index in [-0.39, 0.29) is 24.3 Å². The predicted octanol–water partition coefficient (Wildman–Crippen LogP) is 5.06. The van der Waals surface area contributed by atoms with Gasteiger partial charge in [0.2, 0.25) is 0 Å². The summed E-state index contributed by atoms with van der Waals surface area (Å²) in [6.07, 6.45) is 3.24. The van der Waals surface area contributed by atoms with E-state index in [4.69, 9.17) is 14.2 Å². The molecule has 1 saturated carbocycles. The largest absolute Gasteiger partial charge is 0.486 e. The average molecular weight is 409 g/mol. The van der Waals surface area contributed by atoms with Crippen LogP contribution < -0.4 is 4.74 Å². The lowest BCUT2D eigenvalue weighted by Gasteiger charge is -2.30. The van der Waals surface area contributed by atoms with Crippen LogP contribution in [0.1, 0.15) is 66.7 Å². The Labute approximate surface area is 172 Å². The normalized spacial score (nSPS) is 18.0. The third kappa shape index (κ3) is 7.67. The van der Waals surface area contributed by atoms with Crippen LogP contribution in [0.4, 0.5) is 4.39 Å². The van der Waals surface area contributed by atoms with Crippen molar-refractivity contribution in [2.24, 2.45) is 11.8 Å². The maximum atomic E-state index is 13.5. The molecule has 0 unspecified atom stereocenters. The smallest absolute Gasteiger partial charge is 0.309 e. The highest BCUT2D eigenvalue weighted by Gasteiger charge is 2.34. The molecule has 0 N–H and O–H groups in total. The summed E-state index contributed by atoms with van der Waals surface area (Å²) in [5, 5.41) is 0. The monoisotopic (exact) mass is 408 g/mol. The van der Waals surface area contributed by atoms with Crippen molar-refractivity contribution in [1.29, 1.82) is 0 Å². The molecule has 29 heavy (non-hydrogen) atoms. The Kier molecular flexibility index (Phi) is 8.05. The first-order valence-electron chi connectivity index (χ1n) is 10.4. The summed E-state index contributed by atoms with van der Waals surface area (Å²) in [6, 6.07) is 5.99. The van der Waals surface area contributed by atoms with E-state index in [1.54, 1.807) is 46.8 Å². The summed E-state index contributed by atoms with van der Waals surface area (Å²) in [4.78, 5) is 24.5. The molecule has 0 bridgehead atoms. The standard InChI is InChI=1S/C23H33FO5/c1-15(13-20(25)29-23(3,4)5)22(26)27-16(2)21(17-9-6-7-10-17)28-19-12-8-11-18(24)14-19/h8,11-12,14-17,21H,6-7,9-10,13H2,1-5H3/t15-,16+,21+/m1/s1. The van der Waals surface area contributed by atoms with E-state index < -0.39 is 29.6 Å². The lowest BCUT2D eigenvalue weighted by atomic mass is 9.96. The SMILES string of the molecule is C[C@H](CC(=O)OC(C)(C)C)C(=O)O[C@@H](C)[C@H](Oc1cccc(F)c1)C1CCCC1. The number of esters is 2. The van der Waals surface area contributed by atoms with Gasteiger partial charge in [-0.2, -0.15) is 0 Å². The minimum atomic E-state index is -0.620. The summed E-state index contributed by atoms with van der Waals surface area (Å²) < 4.78 is 30.5. The summed E-state index contributed by atoms with van der Waals surface area (Å²) in [5.74, 6) is -1.23. The summed E-state index contributed by atoms with van der Waals surface area (Å²) in [6.45, 7) is 8.79. The van der Waals surface area contributed by atoms with Crippen molar-refractivity contribution < 1.29 is 28.2 Å². The lowest BCUT2D eigenvalue weighted by molar-refractivity contribution is -0.166. The van der Waals surface area contributed by atoms with Crippen LogP contribution >= 0.6 is 0 Å². The summed E-state index contributed by atoms with van der Waals surface area (Å²) >= 11 is 0. The van der Waals surface area contributed by atoms with Gasteiger partial charge in [-0.3, -0.25) is 9.59 Å². The van der Waals surface area contributed by atoms with Crippen LogP contribution in [-0.4, -0.2) is 29.7 Å². The molecule has 0 aromatic heterocycles. The van der Waals surface area contributed by atoms with Crippen molar-refractivity contribution in [1.82, 2.24) is 0 Å². The molecule has 3 atom stereocenters. The Morgan fingerprint density at radius 1 is 1.17 bits per heavy atom. The van der Waals surface area contributed by atoms with Gasteiger partial charge in [0.15, 0.2) is 0 Å². The molecule has 0 heterocycles. The molecule has 1 aliphatic carbocycles. The molecule has 0 amide bonds. The molecule has 162 valence electrons. The molecule has 0 spiro atoms. The Morgan fingerprint density at radius 2 is 1.83 bits per heavy atom. The van der Waals surface area contributed by atoms with E-state index in [1.807, 2.05) is 0 Å². The van der Waals surface area contributed by atoms with Crippen molar-refractivity contribution in [2.75, 3.05) is 0 Å². The van der Waals surface area contributed by atoms with Crippen LogP contribution in [0.3, 0.4) is 0 Å². The third-order valence-corrected chi connectivity index (χ3v) is 4.99.